The molecule has 0 atom stereocenters. The van der Waals surface area contributed by atoms with Crippen molar-refractivity contribution in [3.63, 3.8) is 0 Å². The maximum absolute atomic E-state index is 4.66. The Bertz CT molecular complexity index is 74.6. The zero-order chi connectivity index (χ0) is 7.15. The normalized spacial score (nSPS) is 5.33. The molecule has 0 aliphatic rings. The SMILES string of the molecule is NC(=S)[S-].NC(=S)[S-].[PbH2+2]. The van der Waals surface area contributed by atoms with Crippen molar-refractivity contribution in [3.8, 4) is 0 Å². The molecule has 7 heteroatoms. The molecule has 0 aromatic carbocycles. The average molecular weight is 394 g/mol. The molecule has 0 rings (SSSR count). The molecular weight excluding hydrogens is 388 g/mol. The summed E-state index contributed by atoms with van der Waals surface area (Å²) < 4.78 is 0.167. The molecule has 0 saturated carbocycles. The molecule has 0 aromatic heterocycles. The molecule has 0 aromatic rings. The summed E-state index contributed by atoms with van der Waals surface area (Å²) in [6.45, 7) is 0. The molecule has 0 amide bonds. The van der Waals surface area contributed by atoms with Gasteiger partial charge in [0.2, 0.25) is 0 Å². The quantitative estimate of drug-likeness (QED) is 0.301. The minimum absolute atomic E-state index is 0. The molecule has 0 unspecified atom stereocenters. The van der Waals surface area contributed by atoms with Gasteiger partial charge < -0.3 is 61.2 Å². The van der Waals surface area contributed by atoms with Crippen molar-refractivity contribution in [2.45, 2.75) is 0 Å². The van der Waals surface area contributed by atoms with E-state index in [9.17, 15) is 0 Å². The van der Waals surface area contributed by atoms with Gasteiger partial charge in [-0.25, -0.2) is 0 Å². The molecule has 52 valence electrons. The van der Waals surface area contributed by atoms with Gasteiger partial charge in [0.25, 0.3) is 0 Å². The third-order valence-electron chi connectivity index (χ3n) is 0. The van der Waals surface area contributed by atoms with Crippen LogP contribution < -0.4 is 11.5 Å². The van der Waals surface area contributed by atoms with Crippen molar-refractivity contribution in [2.75, 3.05) is 0 Å². The van der Waals surface area contributed by atoms with Gasteiger partial charge in [-0.05, 0) is 0 Å². The topological polar surface area (TPSA) is 52.0 Å². The van der Waals surface area contributed by atoms with Gasteiger partial charge in [0, 0.05) is 0 Å². The van der Waals surface area contributed by atoms with Gasteiger partial charge in [0.05, 0.1) is 0 Å². The van der Waals surface area contributed by atoms with Crippen molar-refractivity contribution in [1.82, 2.24) is 0 Å². The van der Waals surface area contributed by atoms with E-state index in [-0.39, 0.29) is 35.9 Å². The van der Waals surface area contributed by atoms with Crippen molar-refractivity contribution in [3.05, 3.63) is 0 Å². The van der Waals surface area contributed by atoms with E-state index >= 15 is 0 Å². The van der Waals surface area contributed by atoms with Crippen LogP contribution in [0.2, 0.25) is 0 Å². The Labute approximate surface area is 96.1 Å². The van der Waals surface area contributed by atoms with Crippen molar-refractivity contribution >= 4 is 85.6 Å². The van der Waals surface area contributed by atoms with Gasteiger partial charge in [-0.2, -0.15) is 0 Å². The fourth-order valence-corrected chi connectivity index (χ4v) is 0. The molecule has 4 N–H and O–H groups in total. The monoisotopic (exact) mass is 394 g/mol. The Kier molecular flexibility index (Phi) is 21.9. The van der Waals surface area contributed by atoms with Crippen LogP contribution in [-0.4, -0.2) is 35.9 Å². The van der Waals surface area contributed by atoms with E-state index in [1.165, 1.54) is 0 Å². The number of nitrogens with two attached hydrogens (primary N) is 2. The van der Waals surface area contributed by atoms with E-state index in [0.717, 1.165) is 0 Å². The first kappa shape index (κ1) is 16.6. The van der Waals surface area contributed by atoms with Crippen LogP contribution in [0.4, 0.5) is 0 Å². The summed E-state index contributed by atoms with van der Waals surface area (Å²) in [5.41, 5.74) is 9.31. The second-order valence-corrected chi connectivity index (χ2v) is 2.91. The van der Waals surface area contributed by atoms with Crippen LogP contribution in [-0.2, 0) is 25.3 Å². The van der Waals surface area contributed by atoms with Crippen LogP contribution in [0.15, 0.2) is 0 Å². The van der Waals surface area contributed by atoms with E-state index in [0.29, 0.717) is 0 Å². The van der Waals surface area contributed by atoms with E-state index in [2.05, 4.69) is 61.2 Å². The Morgan fingerprint density at radius 2 is 1.00 bits per heavy atom. The average Bonchev–Trinajstić information content (AvgIpc) is 1.25. The first-order valence-corrected chi connectivity index (χ1v) is 3.03. The number of hydrogen-bond acceptors (Lipinski definition) is 4. The number of thiocarbonyl (C=S) groups is 2. The molecule has 0 radical (unpaired) electrons. The molecule has 0 fully saturated rings. The Morgan fingerprint density at radius 1 is 1.00 bits per heavy atom. The summed E-state index contributed by atoms with van der Waals surface area (Å²) in [5, 5.41) is 0. The third kappa shape index (κ3) is 358. The van der Waals surface area contributed by atoms with Crippen LogP contribution in [0, 0.1) is 0 Å². The number of rotatable bonds is 0. The van der Waals surface area contributed by atoms with Crippen LogP contribution in [0.5, 0.6) is 0 Å². The van der Waals surface area contributed by atoms with Crippen LogP contribution in [0.25, 0.3) is 0 Å². The van der Waals surface area contributed by atoms with Gasteiger partial charge in [-0.15, -0.1) is 0 Å². The Hall–Kier alpha value is 1.14. The van der Waals surface area contributed by atoms with Crippen molar-refractivity contribution in [1.29, 1.82) is 0 Å². The zero-order valence-corrected chi connectivity index (χ0v) is 13.3. The second-order valence-electron chi connectivity index (χ2n) is 0.638. The van der Waals surface area contributed by atoms with E-state index < -0.39 is 0 Å². The second kappa shape index (κ2) is 11.9. The van der Waals surface area contributed by atoms with Crippen LogP contribution in [0.3, 0.4) is 0 Å². The summed E-state index contributed by atoms with van der Waals surface area (Å²) in [5.74, 6) is 0. The summed E-state index contributed by atoms with van der Waals surface area (Å²) in [6, 6.07) is 0. The molecule has 0 spiro atoms. The molecule has 0 saturated heterocycles. The molecule has 0 bridgehead atoms. The summed E-state index contributed by atoms with van der Waals surface area (Å²) >= 11 is 16.5. The van der Waals surface area contributed by atoms with Crippen LogP contribution in [0.1, 0.15) is 0 Å². The van der Waals surface area contributed by atoms with Gasteiger partial charge in [0.1, 0.15) is 0 Å². The predicted molar refractivity (Wildman–Crippen MR) is 56.8 cm³/mol. The van der Waals surface area contributed by atoms with Crippen molar-refractivity contribution < 1.29 is 0 Å². The van der Waals surface area contributed by atoms with Gasteiger partial charge in [0.15, 0.2) is 0 Å². The number of hydrogen-bond donors (Lipinski definition) is 2. The maximum atomic E-state index is 4.66. The molecule has 0 heterocycles. The molecule has 2 nitrogen and oxygen atoms in total. The summed E-state index contributed by atoms with van der Waals surface area (Å²) in [6.07, 6.45) is 0. The van der Waals surface area contributed by atoms with E-state index in [1.54, 1.807) is 0 Å². The summed E-state index contributed by atoms with van der Waals surface area (Å²) in [4.78, 5) is 0. The zero-order valence-electron chi connectivity index (χ0n) is 4.49. The van der Waals surface area contributed by atoms with Crippen molar-refractivity contribution in [2.24, 2.45) is 11.5 Å². The Morgan fingerprint density at radius 3 is 1.00 bits per heavy atom. The third-order valence-corrected chi connectivity index (χ3v) is 0. The minimum atomic E-state index is 0. The fraction of sp³-hybridized carbons (Fsp3) is 0. The fourth-order valence-electron chi connectivity index (χ4n) is 0. The first-order valence-electron chi connectivity index (χ1n) is 1.39. The van der Waals surface area contributed by atoms with Gasteiger partial charge in [-0.3, -0.25) is 0 Å². The summed E-state index contributed by atoms with van der Waals surface area (Å²) in [7, 11) is 0. The molecule has 0 aliphatic carbocycles. The van der Waals surface area contributed by atoms with Gasteiger partial charge in [-0.1, -0.05) is 8.64 Å². The first-order chi connectivity index (χ1) is 3.46. The Balaban J connectivity index is -0.0000000720. The van der Waals surface area contributed by atoms with E-state index in [1.807, 2.05) is 0 Å². The molecule has 0 aliphatic heterocycles. The molecular formula is C2H6N2PbS4. The standard InChI is InChI=1S/2CH3NS2.Pb.2H/c2*2-1(3)4;;;/h2*(H3,2,3,4);;;/q;;+2;;/p-2. The van der Waals surface area contributed by atoms with E-state index in [4.69, 9.17) is 0 Å². The van der Waals surface area contributed by atoms with Crippen LogP contribution >= 0.6 is 24.4 Å². The van der Waals surface area contributed by atoms with Gasteiger partial charge >= 0.3 is 27.3 Å². The predicted octanol–water partition coefficient (Wildman–Crippen LogP) is -1.36. The molecule has 9 heavy (non-hydrogen) atoms.